The molecule has 1 atom stereocenters. The van der Waals surface area contributed by atoms with Crippen LogP contribution in [0.25, 0.3) is 5.69 Å². The number of hydrogen-bond acceptors (Lipinski definition) is 6. The van der Waals surface area contributed by atoms with Gasteiger partial charge in [-0.3, -0.25) is 4.79 Å². The van der Waals surface area contributed by atoms with Crippen LogP contribution in [-0.4, -0.2) is 36.1 Å². The van der Waals surface area contributed by atoms with Crippen LogP contribution in [0, 0.1) is 0 Å². The molecule has 2 heterocycles. The average Bonchev–Trinajstić information content (AvgIpc) is 3.21. The van der Waals surface area contributed by atoms with Crippen LogP contribution in [0.4, 0.5) is 11.8 Å². The second-order valence-corrected chi connectivity index (χ2v) is 8.47. The number of nitrogen functional groups attached to an aromatic ring is 1. The molecule has 2 aromatic heterocycles. The van der Waals surface area contributed by atoms with Crippen molar-refractivity contribution in [2.24, 2.45) is 0 Å². The van der Waals surface area contributed by atoms with Crippen LogP contribution in [0.1, 0.15) is 33.4 Å². The van der Waals surface area contributed by atoms with Gasteiger partial charge in [-0.25, -0.2) is 9.78 Å². The molecule has 3 aromatic rings. The third-order valence-electron chi connectivity index (χ3n) is 3.86. The molecule has 27 heavy (non-hydrogen) atoms. The maximum absolute atomic E-state index is 12.7. The smallest absolute Gasteiger partial charge is 0.238 e. The minimum Gasteiger partial charge on any atom is -0.368 e. The number of thioether (sulfide) groups is 1. The maximum Gasteiger partial charge on any atom is 0.238 e. The second kappa shape index (κ2) is 7.43. The van der Waals surface area contributed by atoms with Crippen LogP contribution in [0.3, 0.4) is 0 Å². The van der Waals surface area contributed by atoms with Gasteiger partial charge in [0.15, 0.2) is 0 Å². The minimum atomic E-state index is -0.405. The van der Waals surface area contributed by atoms with Gasteiger partial charge in [0.1, 0.15) is 5.82 Å². The summed E-state index contributed by atoms with van der Waals surface area (Å²) in [6, 6.07) is 11.6. The number of aromatic amines is 1. The van der Waals surface area contributed by atoms with Gasteiger partial charge in [-0.1, -0.05) is 50.7 Å². The van der Waals surface area contributed by atoms with Gasteiger partial charge in [0.05, 0.1) is 16.6 Å². The van der Waals surface area contributed by atoms with Gasteiger partial charge in [0.25, 0.3) is 0 Å². The number of hydrogen-bond donors (Lipinski definition) is 3. The Morgan fingerprint density at radius 3 is 2.59 bits per heavy atom. The fourth-order valence-electron chi connectivity index (χ4n) is 2.35. The van der Waals surface area contributed by atoms with E-state index < -0.39 is 5.25 Å². The molecule has 8 nitrogen and oxygen atoms in total. The number of nitrogens with one attached hydrogen (secondary N) is 2. The average molecular weight is 385 g/mol. The highest BCUT2D eigenvalue weighted by atomic mass is 32.2. The van der Waals surface area contributed by atoms with E-state index in [1.165, 1.54) is 11.8 Å². The Bertz CT molecular complexity index is 927. The Labute approximate surface area is 161 Å². The molecule has 1 aromatic carbocycles. The van der Waals surface area contributed by atoms with Crippen molar-refractivity contribution in [2.45, 2.75) is 43.5 Å². The monoisotopic (exact) mass is 385 g/mol. The summed E-state index contributed by atoms with van der Waals surface area (Å²) in [6.45, 7) is 8.05. The number of amides is 1. The highest BCUT2D eigenvalue weighted by molar-refractivity contribution is 8.00. The van der Waals surface area contributed by atoms with Crippen LogP contribution in [0.15, 0.2) is 41.6 Å². The molecule has 0 radical (unpaired) electrons. The molecule has 0 fully saturated rings. The molecule has 0 aliphatic heterocycles. The first kappa shape index (κ1) is 19.0. The van der Waals surface area contributed by atoms with Gasteiger partial charge < -0.3 is 11.1 Å². The molecule has 0 aliphatic rings. The van der Waals surface area contributed by atoms with Crippen LogP contribution < -0.4 is 11.1 Å². The van der Waals surface area contributed by atoms with E-state index in [9.17, 15) is 4.79 Å². The van der Waals surface area contributed by atoms with Crippen molar-refractivity contribution in [1.29, 1.82) is 0 Å². The van der Waals surface area contributed by atoms with Gasteiger partial charge in [-0.15, -0.1) is 5.10 Å². The summed E-state index contributed by atoms with van der Waals surface area (Å²) in [5.41, 5.74) is 7.16. The fourth-order valence-corrected chi connectivity index (χ4v) is 3.08. The molecule has 142 valence electrons. The van der Waals surface area contributed by atoms with Crippen molar-refractivity contribution >= 4 is 29.4 Å². The van der Waals surface area contributed by atoms with Crippen molar-refractivity contribution in [3.63, 3.8) is 0 Å². The van der Waals surface area contributed by atoms with Crippen molar-refractivity contribution in [3.05, 3.63) is 42.1 Å². The lowest BCUT2D eigenvalue weighted by atomic mass is 9.92. The topological polar surface area (TPSA) is 115 Å². The van der Waals surface area contributed by atoms with Gasteiger partial charge in [-0.2, -0.15) is 10.1 Å². The molecule has 4 N–H and O–H groups in total. The first-order valence-electron chi connectivity index (χ1n) is 8.55. The van der Waals surface area contributed by atoms with E-state index in [4.69, 9.17) is 10.8 Å². The summed E-state index contributed by atoms with van der Waals surface area (Å²) < 4.78 is 1.75. The lowest BCUT2D eigenvalue weighted by Gasteiger charge is -2.14. The quantitative estimate of drug-likeness (QED) is 0.582. The number of H-pyrrole nitrogens is 1. The van der Waals surface area contributed by atoms with Gasteiger partial charge in [-0.05, 0) is 19.1 Å². The van der Waals surface area contributed by atoms with Crippen molar-refractivity contribution < 1.29 is 4.79 Å². The summed E-state index contributed by atoms with van der Waals surface area (Å²) in [7, 11) is 0. The zero-order valence-electron chi connectivity index (χ0n) is 15.7. The molecule has 9 heteroatoms. The van der Waals surface area contributed by atoms with E-state index in [1.807, 2.05) is 36.4 Å². The van der Waals surface area contributed by atoms with E-state index in [0.29, 0.717) is 11.0 Å². The van der Waals surface area contributed by atoms with Gasteiger partial charge in [0, 0.05) is 11.5 Å². The first-order chi connectivity index (χ1) is 12.7. The Kier molecular flexibility index (Phi) is 5.22. The van der Waals surface area contributed by atoms with Crippen LogP contribution >= 0.6 is 11.8 Å². The number of rotatable bonds is 5. The number of benzene rings is 1. The number of carbonyl (C=O) groups is 1. The Balaban J connectivity index is 1.84. The Hall–Kier alpha value is -2.81. The Morgan fingerprint density at radius 1 is 1.30 bits per heavy atom. The number of carbonyl (C=O) groups excluding carboxylic acids is 1. The summed E-state index contributed by atoms with van der Waals surface area (Å²) in [5, 5.41) is 14.2. The third-order valence-corrected chi connectivity index (χ3v) is 4.82. The fraction of sp³-hybridized carbons (Fsp3) is 0.333. The Morgan fingerprint density at radius 2 is 2.00 bits per heavy atom. The predicted molar refractivity (Wildman–Crippen MR) is 107 cm³/mol. The lowest BCUT2D eigenvalue weighted by molar-refractivity contribution is -0.115. The van der Waals surface area contributed by atoms with Crippen molar-refractivity contribution in [1.82, 2.24) is 25.0 Å². The standard InChI is InChI=1S/C18H23N7OS/c1-11(27-17-21-16(19)22-23-17)15(26)20-14-10-13(18(2,3)4)24-25(14)12-8-6-5-7-9-12/h5-11H,1-4H3,(H,20,26)(H3,19,21,22,23)/t11-/m1/s1. The molecule has 0 saturated heterocycles. The van der Waals surface area contributed by atoms with Gasteiger partial charge in [0.2, 0.25) is 17.0 Å². The van der Waals surface area contributed by atoms with Crippen molar-refractivity contribution in [2.75, 3.05) is 11.1 Å². The molecular weight excluding hydrogens is 362 g/mol. The molecule has 0 aliphatic carbocycles. The molecule has 3 rings (SSSR count). The van der Waals surface area contributed by atoms with E-state index in [2.05, 4.69) is 41.3 Å². The van der Waals surface area contributed by atoms with E-state index in [1.54, 1.807) is 11.6 Å². The molecule has 0 saturated carbocycles. The first-order valence-corrected chi connectivity index (χ1v) is 9.43. The SMILES string of the molecule is C[C@@H](Sc1n[nH]c(N)n1)C(=O)Nc1cc(C(C)(C)C)nn1-c1ccccc1. The van der Waals surface area contributed by atoms with Gasteiger partial charge >= 0.3 is 0 Å². The maximum atomic E-state index is 12.7. The molecule has 0 bridgehead atoms. The second-order valence-electron chi connectivity index (χ2n) is 7.16. The van der Waals surface area contributed by atoms with E-state index in [-0.39, 0.29) is 17.3 Å². The molecular formula is C18H23N7OS. The molecule has 1 amide bonds. The molecule has 0 spiro atoms. The molecule has 0 unspecified atom stereocenters. The number of para-hydroxylation sites is 1. The minimum absolute atomic E-state index is 0.142. The lowest BCUT2D eigenvalue weighted by Crippen LogP contribution is -2.24. The summed E-state index contributed by atoms with van der Waals surface area (Å²) in [6.07, 6.45) is 0. The zero-order valence-corrected chi connectivity index (χ0v) is 16.5. The predicted octanol–water partition coefficient (Wildman–Crippen LogP) is 2.99. The third kappa shape index (κ3) is 4.48. The summed E-state index contributed by atoms with van der Waals surface area (Å²) in [5.74, 6) is 0.682. The van der Waals surface area contributed by atoms with E-state index >= 15 is 0 Å². The van der Waals surface area contributed by atoms with Crippen LogP contribution in [0.5, 0.6) is 0 Å². The van der Waals surface area contributed by atoms with Crippen molar-refractivity contribution in [3.8, 4) is 5.69 Å². The number of anilines is 2. The van der Waals surface area contributed by atoms with Crippen LogP contribution in [-0.2, 0) is 10.2 Å². The number of nitrogens with zero attached hydrogens (tertiary/aromatic N) is 4. The zero-order chi connectivity index (χ0) is 19.6. The normalized spacial score (nSPS) is 12.7. The highest BCUT2D eigenvalue weighted by Gasteiger charge is 2.23. The highest BCUT2D eigenvalue weighted by Crippen LogP contribution is 2.27. The summed E-state index contributed by atoms with van der Waals surface area (Å²) >= 11 is 1.23. The summed E-state index contributed by atoms with van der Waals surface area (Å²) in [4.78, 5) is 16.7. The largest absolute Gasteiger partial charge is 0.368 e. The van der Waals surface area contributed by atoms with Crippen LogP contribution in [0.2, 0.25) is 0 Å². The number of aromatic nitrogens is 5. The number of nitrogens with two attached hydrogens (primary N) is 1. The van der Waals surface area contributed by atoms with E-state index in [0.717, 1.165) is 11.4 Å².